The average molecular weight is 620 g/mol. The number of sulfonamides is 1. The largest absolute Gasteiger partial charge is 0.573 e. The molecule has 1 aliphatic rings. The lowest BCUT2D eigenvalue weighted by molar-refractivity contribution is -0.274. The molecule has 0 saturated carbocycles. The van der Waals surface area contributed by atoms with Crippen LogP contribution in [0.3, 0.4) is 0 Å². The van der Waals surface area contributed by atoms with E-state index in [9.17, 15) is 35.2 Å². The minimum Gasteiger partial charge on any atom is -0.406 e. The van der Waals surface area contributed by atoms with Gasteiger partial charge in [0.1, 0.15) is 17.6 Å². The molecule has 0 unspecified atom stereocenters. The van der Waals surface area contributed by atoms with Crippen LogP contribution in [0, 0.1) is 6.92 Å². The van der Waals surface area contributed by atoms with Gasteiger partial charge in [0, 0.05) is 49.7 Å². The van der Waals surface area contributed by atoms with E-state index in [1.165, 1.54) is 31.2 Å². The van der Waals surface area contributed by atoms with Crippen LogP contribution in [0.5, 0.6) is 5.75 Å². The second-order valence-corrected chi connectivity index (χ2v) is 11.8. The summed E-state index contributed by atoms with van der Waals surface area (Å²) in [6, 6.07) is 7.90. The van der Waals surface area contributed by atoms with Crippen LogP contribution in [-0.4, -0.2) is 60.0 Å². The number of carbonyl (C=O) groups excluding carboxylic acids is 1. The Bertz CT molecular complexity index is 1460. The minimum absolute atomic E-state index is 0.0530. The summed E-state index contributed by atoms with van der Waals surface area (Å²) in [6.07, 6.45) is -5.31. The highest BCUT2D eigenvalue weighted by atomic mass is 32.2. The smallest absolute Gasteiger partial charge is 0.406 e. The number of nitrogens with zero attached hydrogens (tertiary/aromatic N) is 4. The summed E-state index contributed by atoms with van der Waals surface area (Å²) in [6.45, 7) is 2.99. The number of rotatable bonds is 9. The normalized spacial score (nSPS) is 17.0. The van der Waals surface area contributed by atoms with Crippen molar-refractivity contribution in [3.8, 4) is 5.75 Å². The first-order valence-corrected chi connectivity index (χ1v) is 14.6. The van der Waals surface area contributed by atoms with Crippen molar-refractivity contribution < 1.29 is 39.9 Å². The molecular formula is C25H26F5N5O4S2. The van der Waals surface area contributed by atoms with E-state index in [2.05, 4.69) is 19.4 Å². The number of alkyl halides is 5. The van der Waals surface area contributed by atoms with Crippen molar-refractivity contribution in [1.82, 2.24) is 19.0 Å². The maximum atomic E-state index is 13.9. The van der Waals surface area contributed by atoms with Gasteiger partial charge >= 0.3 is 6.36 Å². The molecule has 1 N–H and O–H groups in total. The van der Waals surface area contributed by atoms with Crippen LogP contribution in [0.25, 0.3) is 0 Å². The summed E-state index contributed by atoms with van der Waals surface area (Å²) >= 11 is 1.09. The van der Waals surface area contributed by atoms with Crippen molar-refractivity contribution >= 4 is 32.6 Å². The lowest BCUT2D eigenvalue weighted by Gasteiger charge is -2.39. The SMILES string of the molecule is CCC(F)(F)c1ccc(CNC(=O)[C@H]2CN(c3nc(C)ns3)CCN2S(=O)(=O)c2ccc(OC(F)(F)F)cc2)cc1. The number of halogens is 5. The van der Waals surface area contributed by atoms with Gasteiger partial charge in [-0.3, -0.25) is 4.79 Å². The number of hydrogen-bond acceptors (Lipinski definition) is 8. The van der Waals surface area contributed by atoms with E-state index in [-0.39, 0.29) is 43.1 Å². The molecule has 9 nitrogen and oxygen atoms in total. The summed E-state index contributed by atoms with van der Waals surface area (Å²) in [5.74, 6) is -3.72. The Morgan fingerprint density at radius 1 is 1.07 bits per heavy atom. The molecule has 1 saturated heterocycles. The number of hydrogen-bond donors (Lipinski definition) is 1. The molecule has 0 radical (unpaired) electrons. The van der Waals surface area contributed by atoms with Crippen LogP contribution in [-0.2, 0) is 27.3 Å². The van der Waals surface area contributed by atoms with Gasteiger partial charge in [-0.2, -0.15) is 8.68 Å². The van der Waals surface area contributed by atoms with E-state index >= 15 is 0 Å². The van der Waals surface area contributed by atoms with Gasteiger partial charge in [-0.15, -0.1) is 13.2 Å². The minimum atomic E-state index is -4.94. The van der Waals surface area contributed by atoms with Crippen molar-refractivity contribution in [2.75, 3.05) is 24.5 Å². The fraction of sp³-hybridized carbons (Fsp3) is 0.400. The highest BCUT2D eigenvalue weighted by Gasteiger charge is 2.41. The fourth-order valence-electron chi connectivity index (χ4n) is 4.18. The zero-order valence-corrected chi connectivity index (χ0v) is 23.5. The molecule has 3 aromatic rings. The molecule has 1 atom stereocenters. The monoisotopic (exact) mass is 619 g/mol. The number of piperazine rings is 1. The van der Waals surface area contributed by atoms with Crippen LogP contribution >= 0.6 is 11.5 Å². The number of nitrogens with one attached hydrogen (secondary N) is 1. The summed E-state index contributed by atoms with van der Waals surface area (Å²) in [7, 11) is -4.33. The van der Waals surface area contributed by atoms with Gasteiger partial charge in [-0.1, -0.05) is 31.2 Å². The van der Waals surface area contributed by atoms with E-state index in [1.807, 2.05) is 0 Å². The van der Waals surface area contributed by atoms with Gasteiger partial charge < -0.3 is 15.0 Å². The predicted octanol–water partition coefficient (Wildman–Crippen LogP) is 4.44. The van der Waals surface area contributed by atoms with Crippen LogP contribution in [0.15, 0.2) is 53.4 Å². The van der Waals surface area contributed by atoms with Crippen molar-refractivity contribution in [3.63, 3.8) is 0 Å². The molecule has 4 rings (SSSR count). The molecule has 16 heteroatoms. The van der Waals surface area contributed by atoms with Crippen LogP contribution in [0.4, 0.5) is 27.1 Å². The van der Waals surface area contributed by atoms with Crippen molar-refractivity contribution in [1.29, 1.82) is 0 Å². The number of amides is 1. The summed E-state index contributed by atoms with van der Waals surface area (Å²) < 4.78 is 101. The molecule has 1 aliphatic heterocycles. The van der Waals surface area contributed by atoms with Gasteiger partial charge in [0.2, 0.25) is 21.1 Å². The van der Waals surface area contributed by atoms with Crippen LogP contribution in [0.2, 0.25) is 0 Å². The van der Waals surface area contributed by atoms with E-state index in [0.29, 0.717) is 16.5 Å². The quantitative estimate of drug-likeness (QED) is 0.353. The predicted molar refractivity (Wildman–Crippen MR) is 140 cm³/mol. The number of carbonyl (C=O) groups is 1. The third-order valence-electron chi connectivity index (χ3n) is 6.37. The Labute approximate surface area is 237 Å². The third kappa shape index (κ3) is 7.29. The molecule has 0 spiro atoms. The Kier molecular flexibility index (Phi) is 8.84. The van der Waals surface area contributed by atoms with Crippen LogP contribution < -0.4 is 15.0 Å². The Balaban J connectivity index is 1.55. The highest BCUT2D eigenvalue weighted by molar-refractivity contribution is 7.89. The zero-order chi connectivity index (χ0) is 30.0. The molecule has 41 heavy (non-hydrogen) atoms. The summed E-state index contributed by atoms with van der Waals surface area (Å²) in [5, 5.41) is 3.17. The lowest BCUT2D eigenvalue weighted by atomic mass is 10.0. The van der Waals surface area contributed by atoms with Gasteiger partial charge in [0.25, 0.3) is 5.92 Å². The second kappa shape index (κ2) is 11.9. The highest BCUT2D eigenvalue weighted by Crippen LogP contribution is 2.32. The average Bonchev–Trinajstić information content (AvgIpc) is 3.37. The Morgan fingerprint density at radius 2 is 1.73 bits per heavy atom. The molecule has 2 aromatic carbocycles. The van der Waals surface area contributed by atoms with E-state index in [1.54, 1.807) is 11.8 Å². The first-order chi connectivity index (χ1) is 19.2. The van der Waals surface area contributed by atoms with Crippen LogP contribution in [0.1, 0.15) is 30.3 Å². The first kappa shape index (κ1) is 30.6. The molecule has 1 fully saturated rings. The molecule has 0 aliphatic carbocycles. The second-order valence-electron chi connectivity index (χ2n) is 9.19. The van der Waals surface area contributed by atoms with Gasteiger partial charge in [0.05, 0.1) is 4.90 Å². The first-order valence-electron chi connectivity index (χ1n) is 12.4. The summed E-state index contributed by atoms with van der Waals surface area (Å²) in [4.78, 5) is 19.1. The number of benzene rings is 2. The van der Waals surface area contributed by atoms with Crippen molar-refractivity contribution in [2.24, 2.45) is 0 Å². The Hall–Kier alpha value is -3.37. The van der Waals surface area contributed by atoms with Crippen molar-refractivity contribution in [3.05, 3.63) is 65.5 Å². The Morgan fingerprint density at radius 3 is 2.29 bits per heavy atom. The maximum Gasteiger partial charge on any atom is 0.573 e. The lowest BCUT2D eigenvalue weighted by Crippen LogP contribution is -2.60. The number of anilines is 1. The van der Waals surface area contributed by atoms with Crippen molar-refractivity contribution in [2.45, 2.75) is 50.0 Å². The standard InChI is InChI=1S/C25H26F5N5O4S2/c1-3-24(26,27)18-6-4-17(5-7-18)14-31-22(36)21-15-34(23-32-16(2)33-40-23)12-13-35(21)41(37,38)20-10-8-19(9-11-20)39-25(28,29)30/h4-11,21H,3,12-15H2,1-2H3,(H,31,36)/t21-/m1/s1. The topological polar surface area (TPSA) is 105 Å². The maximum absolute atomic E-state index is 13.9. The van der Waals surface area contributed by atoms with Gasteiger partial charge in [-0.05, 0) is 36.8 Å². The van der Waals surface area contributed by atoms with Gasteiger partial charge in [0.15, 0.2) is 0 Å². The number of ether oxygens (including phenoxy) is 1. The molecule has 1 aromatic heterocycles. The molecule has 2 heterocycles. The third-order valence-corrected chi connectivity index (χ3v) is 9.16. The number of aromatic nitrogens is 2. The van der Waals surface area contributed by atoms with E-state index in [0.717, 1.165) is 40.1 Å². The molecule has 1 amide bonds. The number of aryl methyl sites for hydroxylation is 1. The van der Waals surface area contributed by atoms with Gasteiger partial charge in [-0.25, -0.2) is 22.2 Å². The zero-order valence-electron chi connectivity index (χ0n) is 21.9. The summed E-state index contributed by atoms with van der Waals surface area (Å²) in [5.41, 5.74) is 0.366. The van der Waals surface area contributed by atoms with E-state index < -0.39 is 40.0 Å². The molecule has 0 bridgehead atoms. The van der Waals surface area contributed by atoms with E-state index in [4.69, 9.17) is 0 Å². The fourth-order valence-corrected chi connectivity index (χ4v) is 6.46. The molecule has 222 valence electrons. The molecular weight excluding hydrogens is 593 g/mol.